The van der Waals surface area contributed by atoms with Crippen LogP contribution in [0, 0.1) is 0 Å². The number of hydrogen-bond donors (Lipinski definition) is 0. The number of nitrogens with zero attached hydrogens (tertiary/aromatic N) is 2. The molecule has 0 aliphatic rings. The van der Waals surface area contributed by atoms with Gasteiger partial charge in [-0.2, -0.15) is 0 Å². The predicted molar refractivity (Wildman–Crippen MR) is 89.3 cm³/mol. The second kappa shape index (κ2) is 7.78. The summed E-state index contributed by atoms with van der Waals surface area (Å²) in [5.41, 5.74) is 0.988. The van der Waals surface area contributed by atoms with Crippen LogP contribution in [0.2, 0.25) is 0 Å². The Labute approximate surface area is 139 Å². The molecule has 0 saturated carbocycles. The van der Waals surface area contributed by atoms with Crippen LogP contribution in [0.1, 0.15) is 22.0 Å². The number of carbonyl (C=O) groups is 2. The van der Waals surface area contributed by atoms with E-state index in [1.807, 2.05) is 12.3 Å². The van der Waals surface area contributed by atoms with Crippen molar-refractivity contribution in [3.63, 3.8) is 0 Å². The summed E-state index contributed by atoms with van der Waals surface area (Å²) in [5, 5.41) is 0.571. The Bertz CT molecular complexity index is 689. The number of pyridine rings is 1. The number of aromatic nitrogens is 1. The molecule has 1 amide bonds. The van der Waals surface area contributed by atoms with Crippen molar-refractivity contribution in [1.82, 2.24) is 9.88 Å². The maximum atomic E-state index is 12.5. The number of benzene rings is 1. The number of rotatable bonds is 5. The molecule has 23 heavy (non-hydrogen) atoms. The molecule has 1 aromatic carbocycles. The minimum atomic E-state index is -0.978. The van der Waals surface area contributed by atoms with Crippen LogP contribution in [0.25, 0.3) is 0 Å². The highest BCUT2D eigenvalue weighted by Crippen LogP contribution is 2.24. The van der Waals surface area contributed by atoms with E-state index in [0.717, 1.165) is 0 Å². The number of amides is 1. The summed E-state index contributed by atoms with van der Waals surface area (Å²) in [5.74, 6) is -0.856. The standard InChI is InChI=1S/C17H18N2O3S/c1-19(2)16(20)14(12-8-5-4-6-9-12)22-17(21)13-10-7-11-18-15(13)23-3/h4-11,14H,1-3H3/t14-/m1/s1. The number of likely N-dealkylation sites (N-methyl/N-ethyl adjacent to an activating group) is 1. The van der Waals surface area contributed by atoms with E-state index in [2.05, 4.69) is 4.98 Å². The highest BCUT2D eigenvalue weighted by atomic mass is 32.2. The van der Waals surface area contributed by atoms with Crippen LogP contribution in [-0.4, -0.2) is 42.1 Å². The topological polar surface area (TPSA) is 59.5 Å². The van der Waals surface area contributed by atoms with Gasteiger partial charge in [0.1, 0.15) is 5.03 Å². The zero-order valence-electron chi connectivity index (χ0n) is 13.2. The molecule has 0 fully saturated rings. The summed E-state index contributed by atoms with van der Waals surface area (Å²) in [7, 11) is 3.26. The molecule has 0 saturated heterocycles. The first-order valence-electron chi connectivity index (χ1n) is 7.00. The van der Waals surface area contributed by atoms with Crippen LogP contribution in [0.3, 0.4) is 0 Å². The quantitative estimate of drug-likeness (QED) is 0.623. The van der Waals surface area contributed by atoms with E-state index in [9.17, 15) is 9.59 Å². The molecule has 0 bridgehead atoms. The van der Waals surface area contributed by atoms with Crippen LogP contribution in [0.5, 0.6) is 0 Å². The average Bonchev–Trinajstić information content (AvgIpc) is 2.59. The van der Waals surface area contributed by atoms with Crippen molar-refractivity contribution < 1.29 is 14.3 Å². The average molecular weight is 330 g/mol. The van der Waals surface area contributed by atoms with Crippen molar-refractivity contribution in [2.75, 3.05) is 20.4 Å². The van der Waals surface area contributed by atoms with Crippen molar-refractivity contribution in [2.24, 2.45) is 0 Å². The molecule has 0 unspecified atom stereocenters. The van der Waals surface area contributed by atoms with E-state index in [0.29, 0.717) is 16.2 Å². The van der Waals surface area contributed by atoms with Crippen molar-refractivity contribution in [3.05, 3.63) is 59.8 Å². The van der Waals surface area contributed by atoms with E-state index in [1.165, 1.54) is 16.7 Å². The zero-order valence-corrected chi connectivity index (χ0v) is 14.0. The number of esters is 1. The number of ether oxygens (including phenoxy) is 1. The molecule has 0 spiro atoms. The van der Waals surface area contributed by atoms with Gasteiger partial charge in [-0.05, 0) is 18.4 Å². The van der Waals surface area contributed by atoms with Gasteiger partial charge in [0.25, 0.3) is 5.91 Å². The molecule has 5 nitrogen and oxygen atoms in total. The monoisotopic (exact) mass is 330 g/mol. The lowest BCUT2D eigenvalue weighted by Crippen LogP contribution is -2.31. The van der Waals surface area contributed by atoms with E-state index >= 15 is 0 Å². The van der Waals surface area contributed by atoms with Crippen LogP contribution in [-0.2, 0) is 9.53 Å². The summed E-state index contributed by atoms with van der Waals surface area (Å²) < 4.78 is 5.50. The third-order valence-electron chi connectivity index (χ3n) is 3.18. The highest BCUT2D eigenvalue weighted by molar-refractivity contribution is 7.98. The number of thioether (sulfide) groups is 1. The van der Waals surface area contributed by atoms with E-state index in [-0.39, 0.29) is 5.91 Å². The van der Waals surface area contributed by atoms with Gasteiger partial charge >= 0.3 is 5.97 Å². The Morgan fingerprint density at radius 3 is 2.43 bits per heavy atom. The highest BCUT2D eigenvalue weighted by Gasteiger charge is 2.27. The van der Waals surface area contributed by atoms with Crippen LogP contribution < -0.4 is 0 Å². The minimum absolute atomic E-state index is 0.292. The largest absolute Gasteiger partial charge is 0.444 e. The Kier molecular flexibility index (Phi) is 5.76. The third-order valence-corrected chi connectivity index (χ3v) is 3.89. The molecule has 1 heterocycles. The zero-order chi connectivity index (χ0) is 16.8. The molecule has 1 aromatic heterocycles. The van der Waals surface area contributed by atoms with Crippen LogP contribution >= 0.6 is 11.8 Å². The van der Waals surface area contributed by atoms with E-state index < -0.39 is 12.1 Å². The fourth-order valence-corrected chi connectivity index (χ4v) is 2.54. The predicted octanol–water partition coefficient (Wildman–Crippen LogP) is 2.79. The Balaban J connectivity index is 2.31. The summed E-state index contributed by atoms with van der Waals surface area (Å²) >= 11 is 1.35. The Morgan fingerprint density at radius 2 is 1.83 bits per heavy atom. The molecule has 1 atom stereocenters. The number of carbonyl (C=O) groups excluding carboxylic acids is 2. The lowest BCUT2D eigenvalue weighted by atomic mass is 10.1. The first-order valence-corrected chi connectivity index (χ1v) is 8.23. The normalized spacial score (nSPS) is 11.6. The first-order chi connectivity index (χ1) is 11.0. The van der Waals surface area contributed by atoms with E-state index in [1.54, 1.807) is 56.7 Å². The van der Waals surface area contributed by atoms with Crippen molar-refractivity contribution >= 4 is 23.6 Å². The molecule has 2 rings (SSSR count). The fourth-order valence-electron chi connectivity index (χ4n) is 2.00. The Morgan fingerprint density at radius 1 is 1.13 bits per heavy atom. The summed E-state index contributed by atoms with van der Waals surface area (Å²) in [6.45, 7) is 0. The molecule has 0 aliphatic carbocycles. The Hall–Kier alpha value is -2.34. The third kappa shape index (κ3) is 4.10. The van der Waals surface area contributed by atoms with Gasteiger partial charge in [-0.25, -0.2) is 9.78 Å². The molecule has 0 aliphatic heterocycles. The summed E-state index contributed by atoms with van der Waals surface area (Å²) in [4.78, 5) is 30.4. The van der Waals surface area contributed by atoms with Crippen molar-refractivity contribution in [2.45, 2.75) is 11.1 Å². The van der Waals surface area contributed by atoms with Crippen molar-refractivity contribution in [3.8, 4) is 0 Å². The van der Waals surface area contributed by atoms with Crippen LogP contribution in [0.15, 0.2) is 53.7 Å². The molecule has 6 heteroatoms. The second-order valence-corrected chi connectivity index (χ2v) is 5.78. The van der Waals surface area contributed by atoms with Gasteiger partial charge in [0, 0.05) is 25.9 Å². The van der Waals surface area contributed by atoms with Gasteiger partial charge in [-0.3, -0.25) is 4.79 Å². The molecule has 2 aromatic rings. The lowest BCUT2D eigenvalue weighted by molar-refractivity contribution is -0.138. The SMILES string of the molecule is CSc1ncccc1C(=O)O[C@@H](C(=O)N(C)C)c1ccccc1. The lowest BCUT2D eigenvalue weighted by Gasteiger charge is -2.21. The maximum Gasteiger partial charge on any atom is 0.342 e. The molecule has 0 N–H and O–H groups in total. The van der Waals surface area contributed by atoms with Gasteiger partial charge in [0.15, 0.2) is 0 Å². The minimum Gasteiger partial charge on any atom is -0.444 e. The van der Waals surface area contributed by atoms with Gasteiger partial charge in [0.05, 0.1) is 5.56 Å². The second-order valence-electron chi connectivity index (χ2n) is 4.99. The van der Waals surface area contributed by atoms with Gasteiger partial charge < -0.3 is 9.64 Å². The fraction of sp³-hybridized carbons (Fsp3) is 0.235. The molecule has 120 valence electrons. The van der Waals surface area contributed by atoms with E-state index in [4.69, 9.17) is 4.74 Å². The smallest absolute Gasteiger partial charge is 0.342 e. The van der Waals surface area contributed by atoms with Gasteiger partial charge in [-0.1, -0.05) is 30.3 Å². The summed E-state index contributed by atoms with van der Waals surface area (Å²) in [6, 6.07) is 12.3. The maximum absolute atomic E-state index is 12.5. The van der Waals surface area contributed by atoms with Gasteiger partial charge in [-0.15, -0.1) is 11.8 Å². The molecular weight excluding hydrogens is 312 g/mol. The van der Waals surface area contributed by atoms with Crippen LogP contribution in [0.4, 0.5) is 0 Å². The van der Waals surface area contributed by atoms with Gasteiger partial charge in [0.2, 0.25) is 6.10 Å². The first kappa shape index (κ1) is 17.0. The van der Waals surface area contributed by atoms with Crippen molar-refractivity contribution in [1.29, 1.82) is 0 Å². The molecular formula is C17H18N2O3S. The summed E-state index contributed by atoms with van der Waals surface area (Å²) in [6.07, 6.45) is 2.47. The molecule has 0 radical (unpaired) electrons. The number of hydrogen-bond acceptors (Lipinski definition) is 5.